The van der Waals surface area contributed by atoms with E-state index in [0.29, 0.717) is 41.8 Å². The van der Waals surface area contributed by atoms with Gasteiger partial charge in [-0.05, 0) is 105 Å². The highest BCUT2D eigenvalue weighted by Crippen LogP contribution is 2.36. The Bertz CT molecular complexity index is 1750. The Morgan fingerprint density at radius 1 is 0.891 bits per heavy atom. The van der Waals surface area contributed by atoms with Crippen LogP contribution < -0.4 is 14.2 Å². The van der Waals surface area contributed by atoms with Gasteiger partial charge in [0.05, 0.1) is 23.7 Å². The molecule has 2 heterocycles. The van der Waals surface area contributed by atoms with Crippen molar-refractivity contribution in [2.24, 2.45) is 4.99 Å². The van der Waals surface area contributed by atoms with Crippen LogP contribution in [0.25, 0.3) is 11.1 Å². The lowest BCUT2D eigenvalue weighted by atomic mass is 9.93. The van der Waals surface area contributed by atoms with Crippen LogP contribution in [-0.4, -0.2) is 42.0 Å². The first-order chi connectivity index (χ1) is 22.5. The molecule has 1 fully saturated rings. The maximum atomic E-state index is 9.21. The normalized spacial score (nSPS) is 12.7. The summed E-state index contributed by atoms with van der Waals surface area (Å²) < 4.78 is 18.7. The lowest BCUT2D eigenvalue weighted by Gasteiger charge is -2.18. The fraction of sp³-hybridized carbons (Fsp3) is 0.316. The summed E-state index contributed by atoms with van der Waals surface area (Å²) in [7, 11) is 0. The van der Waals surface area contributed by atoms with Gasteiger partial charge in [0.1, 0.15) is 36.5 Å². The van der Waals surface area contributed by atoms with Crippen LogP contribution in [0.5, 0.6) is 17.2 Å². The Kier molecular flexibility index (Phi) is 11.5. The molecule has 0 N–H and O–H groups in total. The van der Waals surface area contributed by atoms with Gasteiger partial charge in [-0.1, -0.05) is 41.9 Å². The predicted molar refractivity (Wildman–Crippen MR) is 183 cm³/mol. The summed E-state index contributed by atoms with van der Waals surface area (Å²) >= 11 is 6.68. The zero-order chi connectivity index (χ0) is 32.3. The number of aliphatic imine (C=N–C) groups is 1. The molecule has 0 radical (unpaired) electrons. The van der Waals surface area contributed by atoms with Gasteiger partial charge in [-0.25, -0.2) is 4.99 Å². The monoisotopic (exact) mass is 634 g/mol. The van der Waals surface area contributed by atoms with Crippen molar-refractivity contribution >= 4 is 17.5 Å². The number of ether oxygens (including phenoxy) is 3. The first kappa shape index (κ1) is 32.8. The predicted octanol–water partition coefficient (Wildman–Crippen LogP) is 8.27. The molecule has 1 saturated heterocycles. The second-order valence-electron chi connectivity index (χ2n) is 11.4. The van der Waals surface area contributed by atoms with Crippen molar-refractivity contribution in [2.45, 2.75) is 52.9 Å². The van der Waals surface area contributed by atoms with Crippen molar-refractivity contribution in [3.8, 4) is 34.4 Å². The number of hydrogen-bond acceptors (Lipinski definition) is 7. The van der Waals surface area contributed by atoms with E-state index >= 15 is 0 Å². The summed E-state index contributed by atoms with van der Waals surface area (Å²) in [5.41, 5.74) is 7.60. The molecule has 236 valence electrons. The topological polar surface area (TPSA) is 80.0 Å². The number of halogens is 1. The number of hydrogen-bond donors (Lipinski definition) is 0. The maximum Gasteiger partial charge on any atom is 0.142 e. The second-order valence-corrected chi connectivity index (χ2v) is 11.8. The molecular formula is C38H39ClN4O3. The number of nitriles is 1. The van der Waals surface area contributed by atoms with Crippen LogP contribution in [0.1, 0.15) is 52.6 Å². The van der Waals surface area contributed by atoms with E-state index in [2.05, 4.69) is 83.6 Å². The van der Waals surface area contributed by atoms with Gasteiger partial charge in [0.25, 0.3) is 0 Å². The summed E-state index contributed by atoms with van der Waals surface area (Å²) in [6.07, 6.45) is 6.83. The molecule has 0 amide bonds. The Balaban J connectivity index is 1.30. The van der Waals surface area contributed by atoms with Gasteiger partial charge in [-0.2, -0.15) is 5.26 Å². The van der Waals surface area contributed by atoms with E-state index in [1.807, 2.05) is 0 Å². The van der Waals surface area contributed by atoms with E-state index < -0.39 is 0 Å². The average Bonchev–Trinajstić information content (AvgIpc) is 3.60. The van der Waals surface area contributed by atoms with Crippen molar-refractivity contribution in [2.75, 3.05) is 26.2 Å². The minimum Gasteiger partial charge on any atom is -0.493 e. The van der Waals surface area contributed by atoms with Crippen LogP contribution in [0, 0.1) is 25.2 Å². The van der Waals surface area contributed by atoms with Gasteiger partial charge in [0, 0.05) is 36.1 Å². The second kappa shape index (κ2) is 16.1. The number of likely N-dealkylation sites (tertiary alicyclic amines) is 1. The summed E-state index contributed by atoms with van der Waals surface area (Å²) in [5, 5.41) is 9.67. The van der Waals surface area contributed by atoms with E-state index in [-0.39, 0.29) is 6.61 Å². The molecule has 46 heavy (non-hydrogen) atoms. The van der Waals surface area contributed by atoms with Crippen LogP contribution in [0.2, 0.25) is 5.02 Å². The standard InChI is InChI=1S/C38H39ClN4O3/c1-4-41-24-32-19-35(39)38(20-37(32)45-25-30-18-29(21-40)22-42-23-30)46-26-31-10-7-11-33(27(31)2)34-12-8-13-36(28(34)3)44-17-9-16-43-14-5-6-15-43/h7-8,10-13,18-20,22-23H,1,5-6,9,14-17,24-26H2,2-3H3. The molecule has 0 saturated carbocycles. The first-order valence-electron chi connectivity index (χ1n) is 15.6. The van der Waals surface area contributed by atoms with Crippen molar-refractivity contribution in [1.82, 2.24) is 9.88 Å². The molecule has 0 bridgehead atoms. The zero-order valence-electron chi connectivity index (χ0n) is 26.5. The van der Waals surface area contributed by atoms with E-state index in [9.17, 15) is 5.26 Å². The fourth-order valence-corrected chi connectivity index (χ4v) is 5.94. The lowest BCUT2D eigenvalue weighted by molar-refractivity contribution is 0.262. The van der Waals surface area contributed by atoms with E-state index in [1.54, 1.807) is 24.4 Å². The number of aromatic nitrogens is 1. The molecule has 1 aliphatic rings. The highest BCUT2D eigenvalue weighted by atomic mass is 35.5. The molecule has 1 aliphatic heterocycles. The first-order valence-corrected chi connectivity index (χ1v) is 16.0. The molecule has 5 rings (SSSR count). The summed E-state index contributed by atoms with van der Waals surface area (Å²) in [6, 6.07) is 20.0. The summed E-state index contributed by atoms with van der Waals surface area (Å²) in [5.74, 6) is 4.55. The molecule has 4 aromatic rings. The number of pyridine rings is 1. The van der Waals surface area contributed by atoms with E-state index in [0.717, 1.165) is 57.7 Å². The zero-order valence-corrected chi connectivity index (χ0v) is 27.3. The van der Waals surface area contributed by atoms with Gasteiger partial charge in [-0.3, -0.25) is 4.98 Å². The van der Waals surface area contributed by atoms with Gasteiger partial charge < -0.3 is 19.1 Å². The summed E-state index contributed by atoms with van der Waals surface area (Å²) in [4.78, 5) is 10.8. The van der Waals surface area contributed by atoms with Crippen LogP contribution in [-0.2, 0) is 19.8 Å². The molecule has 1 aromatic heterocycles. The Morgan fingerprint density at radius 2 is 1.65 bits per heavy atom. The van der Waals surface area contributed by atoms with Crippen LogP contribution in [0.4, 0.5) is 0 Å². The van der Waals surface area contributed by atoms with Gasteiger partial charge >= 0.3 is 0 Å². The van der Waals surface area contributed by atoms with Crippen molar-refractivity contribution in [1.29, 1.82) is 5.26 Å². The van der Waals surface area contributed by atoms with Crippen LogP contribution in [0.15, 0.2) is 78.6 Å². The van der Waals surface area contributed by atoms with Crippen molar-refractivity contribution in [3.63, 3.8) is 0 Å². The number of rotatable bonds is 14. The lowest BCUT2D eigenvalue weighted by Crippen LogP contribution is -2.22. The number of benzene rings is 3. The van der Waals surface area contributed by atoms with Gasteiger partial charge in [0.2, 0.25) is 0 Å². The third-order valence-corrected chi connectivity index (χ3v) is 8.57. The van der Waals surface area contributed by atoms with Crippen molar-refractivity contribution in [3.05, 3.63) is 112 Å². The fourth-order valence-electron chi connectivity index (χ4n) is 5.70. The van der Waals surface area contributed by atoms with Gasteiger partial charge in [0.15, 0.2) is 0 Å². The third kappa shape index (κ3) is 8.35. The van der Waals surface area contributed by atoms with Crippen LogP contribution >= 0.6 is 11.6 Å². The van der Waals surface area contributed by atoms with E-state index in [1.165, 1.54) is 32.1 Å². The minimum atomic E-state index is 0.218. The maximum absolute atomic E-state index is 9.21. The highest BCUT2D eigenvalue weighted by molar-refractivity contribution is 6.32. The molecule has 0 unspecified atom stereocenters. The average molecular weight is 635 g/mol. The third-order valence-electron chi connectivity index (χ3n) is 8.27. The number of nitrogens with zero attached hydrogens (tertiary/aromatic N) is 4. The molecule has 7 nitrogen and oxygen atoms in total. The Labute approximate surface area is 276 Å². The smallest absolute Gasteiger partial charge is 0.142 e. The Hall–Kier alpha value is -4.60. The van der Waals surface area contributed by atoms with Crippen LogP contribution in [0.3, 0.4) is 0 Å². The summed E-state index contributed by atoms with van der Waals surface area (Å²) in [6.45, 7) is 12.9. The van der Waals surface area contributed by atoms with Crippen molar-refractivity contribution < 1.29 is 14.2 Å². The molecule has 3 aromatic carbocycles. The van der Waals surface area contributed by atoms with E-state index in [4.69, 9.17) is 25.8 Å². The Morgan fingerprint density at radius 3 is 2.43 bits per heavy atom. The molecular weight excluding hydrogens is 596 g/mol. The SMILES string of the molecule is C=C=NCc1cc(Cl)c(OCc2cccc(-c3cccc(OCCCN4CCCC4)c3C)c2C)cc1OCc1cncc(C#N)c1. The quantitative estimate of drug-likeness (QED) is 0.103. The van der Waals surface area contributed by atoms with Gasteiger partial charge in [-0.15, -0.1) is 0 Å². The largest absolute Gasteiger partial charge is 0.493 e. The minimum absolute atomic E-state index is 0.218. The highest BCUT2D eigenvalue weighted by Gasteiger charge is 2.16. The molecule has 0 atom stereocenters. The molecule has 0 spiro atoms. The molecule has 0 aliphatic carbocycles. The molecule has 8 heteroatoms.